The Labute approximate surface area is 117 Å². The van der Waals surface area contributed by atoms with Gasteiger partial charge in [-0.05, 0) is 36.1 Å². The van der Waals surface area contributed by atoms with E-state index in [9.17, 15) is 5.11 Å². The minimum absolute atomic E-state index is 0.779. The molecule has 0 aromatic heterocycles. The lowest BCUT2D eigenvalue weighted by atomic mass is 10.0. The molecular formula is C17H16N2O. The summed E-state index contributed by atoms with van der Waals surface area (Å²) in [5.41, 5.74) is -0.381. The number of fused-ring (bicyclic) bond motifs is 3. The van der Waals surface area contributed by atoms with E-state index >= 15 is 0 Å². The summed E-state index contributed by atoms with van der Waals surface area (Å²) in [6, 6.07) is 18.3. The van der Waals surface area contributed by atoms with Crippen LogP contribution in [0.1, 0.15) is 13.8 Å². The zero-order valence-electron chi connectivity index (χ0n) is 11.5. The molecule has 0 aliphatic carbocycles. The third kappa shape index (κ3) is 2.40. The van der Waals surface area contributed by atoms with Gasteiger partial charge in [0, 0.05) is 5.39 Å². The van der Waals surface area contributed by atoms with Crippen LogP contribution in [0.4, 0.5) is 5.69 Å². The van der Waals surface area contributed by atoms with Gasteiger partial charge in [-0.1, -0.05) is 48.5 Å². The molecule has 1 N–H and O–H groups in total. The van der Waals surface area contributed by atoms with Crippen LogP contribution in [0.25, 0.3) is 21.5 Å². The Bertz CT molecular complexity index is 801. The lowest BCUT2D eigenvalue weighted by Gasteiger charge is -2.10. The second kappa shape index (κ2) is 4.69. The molecule has 3 rings (SSSR count). The average molecular weight is 264 g/mol. The van der Waals surface area contributed by atoms with Crippen LogP contribution in [-0.2, 0) is 0 Å². The highest BCUT2D eigenvalue weighted by atomic mass is 16.3. The van der Waals surface area contributed by atoms with E-state index in [0.29, 0.717) is 0 Å². The molecule has 0 aliphatic rings. The molecule has 0 spiro atoms. The largest absolute Gasteiger partial charge is 0.368 e. The molecule has 0 unspecified atom stereocenters. The lowest BCUT2D eigenvalue weighted by molar-refractivity contribution is 0.0832. The van der Waals surface area contributed by atoms with Gasteiger partial charge >= 0.3 is 0 Å². The van der Waals surface area contributed by atoms with Crippen LogP contribution < -0.4 is 0 Å². The van der Waals surface area contributed by atoms with Gasteiger partial charge in [-0.3, -0.25) is 0 Å². The fraction of sp³-hybridized carbons (Fsp3) is 0.176. The molecule has 20 heavy (non-hydrogen) atoms. The minimum Gasteiger partial charge on any atom is -0.368 e. The van der Waals surface area contributed by atoms with E-state index in [0.717, 1.165) is 21.8 Å². The SMILES string of the molecule is CC(C)(O)/N=N/c1cc2ccccc2c2ccccc12. The van der Waals surface area contributed by atoms with Crippen molar-refractivity contribution in [2.24, 2.45) is 10.2 Å². The number of rotatable bonds is 2. The number of benzene rings is 3. The van der Waals surface area contributed by atoms with Gasteiger partial charge in [-0.2, -0.15) is 10.2 Å². The van der Waals surface area contributed by atoms with E-state index in [4.69, 9.17) is 0 Å². The van der Waals surface area contributed by atoms with Gasteiger partial charge in [-0.25, -0.2) is 0 Å². The normalized spacial score (nSPS) is 12.6. The fourth-order valence-electron chi connectivity index (χ4n) is 2.29. The van der Waals surface area contributed by atoms with Gasteiger partial charge in [-0.15, -0.1) is 0 Å². The Morgan fingerprint density at radius 2 is 1.45 bits per heavy atom. The predicted molar refractivity (Wildman–Crippen MR) is 82.3 cm³/mol. The summed E-state index contributed by atoms with van der Waals surface area (Å²) in [6.07, 6.45) is 0. The van der Waals surface area contributed by atoms with E-state index in [1.165, 1.54) is 5.39 Å². The highest BCUT2D eigenvalue weighted by molar-refractivity contribution is 6.12. The molecule has 3 nitrogen and oxygen atoms in total. The molecule has 0 heterocycles. The zero-order valence-corrected chi connectivity index (χ0v) is 11.5. The van der Waals surface area contributed by atoms with Crippen molar-refractivity contribution in [1.82, 2.24) is 0 Å². The first kappa shape index (κ1) is 12.8. The van der Waals surface area contributed by atoms with Crippen molar-refractivity contribution in [3.8, 4) is 0 Å². The van der Waals surface area contributed by atoms with Crippen LogP contribution in [0.15, 0.2) is 64.8 Å². The van der Waals surface area contributed by atoms with E-state index in [1.54, 1.807) is 13.8 Å². The first-order valence-electron chi connectivity index (χ1n) is 6.60. The molecular weight excluding hydrogens is 248 g/mol. The highest BCUT2D eigenvalue weighted by Gasteiger charge is 2.10. The maximum Gasteiger partial charge on any atom is 0.170 e. The van der Waals surface area contributed by atoms with Crippen LogP contribution in [-0.4, -0.2) is 10.8 Å². The van der Waals surface area contributed by atoms with Gasteiger partial charge in [0.05, 0.1) is 5.69 Å². The van der Waals surface area contributed by atoms with Crippen LogP contribution in [0, 0.1) is 0 Å². The molecule has 0 radical (unpaired) electrons. The molecule has 0 amide bonds. The van der Waals surface area contributed by atoms with Crippen LogP contribution in [0.2, 0.25) is 0 Å². The molecule has 3 aromatic rings. The smallest absolute Gasteiger partial charge is 0.170 e. The molecule has 0 fully saturated rings. The van der Waals surface area contributed by atoms with Crippen molar-refractivity contribution in [1.29, 1.82) is 0 Å². The molecule has 0 aliphatic heterocycles. The van der Waals surface area contributed by atoms with Crippen LogP contribution in [0.5, 0.6) is 0 Å². The van der Waals surface area contributed by atoms with Crippen molar-refractivity contribution < 1.29 is 5.11 Å². The summed E-state index contributed by atoms with van der Waals surface area (Å²) in [5.74, 6) is 0. The maximum absolute atomic E-state index is 9.70. The topological polar surface area (TPSA) is 45.0 Å². The van der Waals surface area contributed by atoms with E-state index in [1.807, 2.05) is 36.4 Å². The molecule has 0 saturated heterocycles. The molecule has 0 bridgehead atoms. The number of nitrogens with zero attached hydrogens (tertiary/aromatic N) is 2. The van der Waals surface area contributed by atoms with Gasteiger partial charge in [0.25, 0.3) is 0 Å². The first-order valence-corrected chi connectivity index (χ1v) is 6.60. The van der Waals surface area contributed by atoms with Crippen LogP contribution in [0.3, 0.4) is 0 Å². The zero-order chi connectivity index (χ0) is 14.2. The third-order valence-corrected chi connectivity index (χ3v) is 3.15. The van der Waals surface area contributed by atoms with Crippen molar-refractivity contribution in [3.63, 3.8) is 0 Å². The molecule has 3 aromatic carbocycles. The minimum atomic E-state index is -1.16. The molecule has 0 saturated carbocycles. The monoisotopic (exact) mass is 264 g/mol. The third-order valence-electron chi connectivity index (χ3n) is 3.15. The van der Waals surface area contributed by atoms with Gasteiger partial charge < -0.3 is 5.11 Å². The number of azo groups is 1. The van der Waals surface area contributed by atoms with Crippen LogP contribution >= 0.6 is 0 Å². The number of hydrogen-bond acceptors (Lipinski definition) is 3. The Balaban J connectivity index is 2.32. The second-order valence-electron chi connectivity index (χ2n) is 5.36. The van der Waals surface area contributed by atoms with E-state index in [-0.39, 0.29) is 0 Å². The number of aliphatic hydroxyl groups is 1. The Hall–Kier alpha value is -2.26. The summed E-state index contributed by atoms with van der Waals surface area (Å²) in [4.78, 5) is 0. The summed E-state index contributed by atoms with van der Waals surface area (Å²) in [5, 5.41) is 22.4. The standard InChI is InChI=1S/C17H16N2O/c1-17(2,20)19-18-16-11-12-7-3-4-8-13(12)14-9-5-6-10-15(14)16/h3-11,20H,1-2H3/b19-18+. The summed E-state index contributed by atoms with van der Waals surface area (Å²) >= 11 is 0. The Morgan fingerprint density at radius 3 is 2.15 bits per heavy atom. The molecule has 0 atom stereocenters. The Kier molecular flexibility index (Phi) is 2.99. The maximum atomic E-state index is 9.70. The second-order valence-corrected chi connectivity index (χ2v) is 5.36. The summed E-state index contributed by atoms with van der Waals surface area (Å²) in [7, 11) is 0. The van der Waals surface area contributed by atoms with Crippen molar-refractivity contribution in [2.45, 2.75) is 19.6 Å². The predicted octanol–water partition coefficient (Wildman–Crippen LogP) is 4.81. The van der Waals surface area contributed by atoms with Gasteiger partial charge in [0.2, 0.25) is 0 Å². The molecule has 100 valence electrons. The van der Waals surface area contributed by atoms with E-state index in [2.05, 4.69) is 28.4 Å². The number of hydrogen-bond donors (Lipinski definition) is 1. The summed E-state index contributed by atoms with van der Waals surface area (Å²) < 4.78 is 0. The van der Waals surface area contributed by atoms with E-state index < -0.39 is 5.72 Å². The average Bonchev–Trinajstić information content (AvgIpc) is 2.44. The van der Waals surface area contributed by atoms with Crippen molar-refractivity contribution in [3.05, 3.63) is 54.6 Å². The summed E-state index contributed by atoms with van der Waals surface area (Å²) in [6.45, 7) is 3.22. The Morgan fingerprint density at radius 1 is 0.850 bits per heavy atom. The fourth-order valence-corrected chi connectivity index (χ4v) is 2.29. The quantitative estimate of drug-likeness (QED) is 0.524. The van der Waals surface area contributed by atoms with Crippen molar-refractivity contribution >= 4 is 27.2 Å². The lowest BCUT2D eigenvalue weighted by Crippen LogP contribution is -2.12. The highest BCUT2D eigenvalue weighted by Crippen LogP contribution is 2.34. The van der Waals surface area contributed by atoms with Gasteiger partial charge in [0.15, 0.2) is 5.72 Å². The molecule has 3 heteroatoms. The first-order chi connectivity index (χ1) is 9.54. The van der Waals surface area contributed by atoms with Gasteiger partial charge in [0.1, 0.15) is 0 Å². The van der Waals surface area contributed by atoms with Crippen molar-refractivity contribution in [2.75, 3.05) is 0 Å².